The normalized spacial score (nSPS) is 15.3. The largest absolute Gasteiger partial charge is 0.372 e. The van der Waals surface area contributed by atoms with Crippen molar-refractivity contribution in [2.45, 2.75) is 6.92 Å². The number of hydrogen-bond donors (Lipinski definition) is 0. The zero-order valence-electron chi connectivity index (χ0n) is 14.7. The summed E-state index contributed by atoms with van der Waals surface area (Å²) in [6.45, 7) is 1.75. The second kappa shape index (κ2) is 6.79. The van der Waals surface area contributed by atoms with Crippen LogP contribution in [0, 0.1) is 10.1 Å². The smallest absolute Gasteiger partial charge is 0.293 e. The van der Waals surface area contributed by atoms with Gasteiger partial charge in [0, 0.05) is 20.2 Å². The third kappa shape index (κ3) is 3.19. The van der Waals surface area contributed by atoms with E-state index in [1.165, 1.54) is 11.1 Å². The van der Waals surface area contributed by atoms with Gasteiger partial charge in [-0.1, -0.05) is 24.3 Å². The van der Waals surface area contributed by atoms with Crippen molar-refractivity contribution in [3.05, 3.63) is 69.8 Å². The Morgan fingerprint density at radius 2 is 1.85 bits per heavy atom. The fourth-order valence-corrected chi connectivity index (χ4v) is 2.75. The second-order valence-corrected chi connectivity index (χ2v) is 6.10. The summed E-state index contributed by atoms with van der Waals surface area (Å²) in [6.07, 6.45) is 1.64. The molecule has 2 aromatic rings. The summed E-state index contributed by atoms with van der Waals surface area (Å²) in [7, 11) is 3.49. The highest BCUT2D eigenvalue weighted by Gasteiger charge is 2.28. The predicted octanol–water partition coefficient (Wildman–Crippen LogP) is 3.47. The summed E-state index contributed by atoms with van der Waals surface area (Å²) in [5.41, 5.74) is 2.73. The molecule has 1 heterocycles. The Morgan fingerprint density at radius 3 is 2.46 bits per heavy atom. The molecule has 26 heavy (non-hydrogen) atoms. The summed E-state index contributed by atoms with van der Waals surface area (Å²) in [5, 5.41) is 17.0. The van der Waals surface area contributed by atoms with Crippen molar-refractivity contribution in [2.24, 2.45) is 5.10 Å². The first-order valence-electron chi connectivity index (χ1n) is 8.01. The van der Waals surface area contributed by atoms with Crippen molar-refractivity contribution in [3.63, 3.8) is 0 Å². The number of rotatable bonds is 4. The van der Waals surface area contributed by atoms with E-state index in [0.29, 0.717) is 28.2 Å². The third-order valence-electron chi connectivity index (χ3n) is 4.05. The third-order valence-corrected chi connectivity index (χ3v) is 4.05. The van der Waals surface area contributed by atoms with E-state index < -0.39 is 4.92 Å². The number of nitro benzene ring substituents is 1. The van der Waals surface area contributed by atoms with Gasteiger partial charge in [0.05, 0.1) is 21.9 Å². The Labute approximate surface area is 151 Å². The van der Waals surface area contributed by atoms with Crippen molar-refractivity contribution >= 4 is 34.8 Å². The van der Waals surface area contributed by atoms with Gasteiger partial charge in [0.2, 0.25) is 0 Å². The molecular formula is C19H18N4O3. The summed E-state index contributed by atoms with van der Waals surface area (Å²) in [4.78, 5) is 25.3. The molecule has 132 valence electrons. The number of nitrogens with zero attached hydrogens (tertiary/aromatic N) is 4. The van der Waals surface area contributed by atoms with Crippen molar-refractivity contribution in [2.75, 3.05) is 24.0 Å². The van der Waals surface area contributed by atoms with E-state index in [1.54, 1.807) is 56.3 Å². The standard InChI is InChI=1S/C19H18N4O3/c1-13-16(19(24)22(20-13)15-7-5-4-6-8-15)11-14-9-10-17(21(2)3)18(12-14)23(25)26/h4-12H,1-3H3/b16-11-. The van der Waals surface area contributed by atoms with Crippen LogP contribution < -0.4 is 9.91 Å². The van der Waals surface area contributed by atoms with Gasteiger partial charge in [-0.05, 0) is 36.8 Å². The van der Waals surface area contributed by atoms with Crippen molar-refractivity contribution in [3.8, 4) is 0 Å². The quantitative estimate of drug-likeness (QED) is 0.480. The Balaban J connectivity index is 1.98. The van der Waals surface area contributed by atoms with E-state index in [2.05, 4.69) is 5.10 Å². The minimum atomic E-state index is -0.426. The molecule has 1 amide bonds. The van der Waals surface area contributed by atoms with Crippen LogP contribution >= 0.6 is 0 Å². The van der Waals surface area contributed by atoms with Crippen LogP contribution in [0.2, 0.25) is 0 Å². The maximum atomic E-state index is 12.7. The van der Waals surface area contributed by atoms with Gasteiger partial charge >= 0.3 is 0 Å². The van der Waals surface area contributed by atoms with Gasteiger partial charge in [0.1, 0.15) is 5.69 Å². The van der Waals surface area contributed by atoms with Gasteiger partial charge in [-0.25, -0.2) is 0 Å². The number of carbonyl (C=O) groups is 1. The van der Waals surface area contributed by atoms with Crippen molar-refractivity contribution < 1.29 is 9.72 Å². The molecule has 0 fully saturated rings. The van der Waals surface area contributed by atoms with Crippen LogP contribution in [0.3, 0.4) is 0 Å². The first kappa shape index (κ1) is 17.3. The zero-order chi connectivity index (χ0) is 18.8. The molecule has 0 N–H and O–H groups in total. The highest BCUT2D eigenvalue weighted by molar-refractivity contribution is 6.32. The minimum absolute atomic E-state index is 0.00990. The first-order valence-corrected chi connectivity index (χ1v) is 8.01. The van der Waals surface area contributed by atoms with E-state index in [4.69, 9.17) is 0 Å². The van der Waals surface area contributed by atoms with Gasteiger partial charge in [0.25, 0.3) is 11.6 Å². The van der Waals surface area contributed by atoms with E-state index in [-0.39, 0.29) is 11.6 Å². The molecule has 0 aliphatic carbocycles. The second-order valence-electron chi connectivity index (χ2n) is 6.10. The monoisotopic (exact) mass is 350 g/mol. The van der Waals surface area contributed by atoms with Gasteiger partial charge in [-0.15, -0.1) is 0 Å². The summed E-state index contributed by atoms with van der Waals surface area (Å²) >= 11 is 0. The zero-order valence-corrected chi connectivity index (χ0v) is 14.7. The molecule has 7 heteroatoms. The lowest BCUT2D eigenvalue weighted by Crippen LogP contribution is -2.21. The number of hydrazone groups is 1. The fourth-order valence-electron chi connectivity index (χ4n) is 2.75. The molecule has 0 aromatic heterocycles. The maximum Gasteiger partial charge on any atom is 0.293 e. The maximum absolute atomic E-state index is 12.7. The SMILES string of the molecule is CC1=NN(c2ccccc2)C(=O)/C1=C\c1ccc(N(C)C)c([N+](=O)[O-])c1. The molecule has 0 spiro atoms. The van der Waals surface area contributed by atoms with Crippen LogP contribution in [0.4, 0.5) is 17.1 Å². The number of hydrogen-bond acceptors (Lipinski definition) is 5. The molecule has 7 nitrogen and oxygen atoms in total. The molecule has 2 aromatic carbocycles. The molecule has 0 radical (unpaired) electrons. The lowest BCUT2D eigenvalue weighted by molar-refractivity contribution is -0.384. The van der Waals surface area contributed by atoms with E-state index in [0.717, 1.165) is 0 Å². The molecule has 0 unspecified atom stereocenters. The Bertz CT molecular complexity index is 933. The highest BCUT2D eigenvalue weighted by atomic mass is 16.6. The molecule has 0 saturated heterocycles. The molecular weight excluding hydrogens is 332 g/mol. The molecule has 1 aliphatic heterocycles. The summed E-state index contributed by atoms with van der Waals surface area (Å²) < 4.78 is 0. The van der Waals surface area contributed by atoms with Crippen molar-refractivity contribution in [1.29, 1.82) is 0 Å². The lowest BCUT2D eigenvalue weighted by atomic mass is 10.1. The van der Waals surface area contributed by atoms with Gasteiger partial charge < -0.3 is 4.90 Å². The minimum Gasteiger partial charge on any atom is -0.372 e. The van der Waals surface area contributed by atoms with Crippen LogP contribution in [0.25, 0.3) is 6.08 Å². The number of benzene rings is 2. The van der Waals surface area contributed by atoms with Crippen LogP contribution in [0.15, 0.2) is 59.2 Å². The topological polar surface area (TPSA) is 79.0 Å². The van der Waals surface area contributed by atoms with Crippen molar-refractivity contribution in [1.82, 2.24) is 0 Å². The van der Waals surface area contributed by atoms with Crippen LogP contribution in [-0.4, -0.2) is 30.6 Å². The summed E-state index contributed by atoms with van der Waals surface area (Å²) in [6, 6.07) is 14.0. The molecule has 0 saturated carbocycles. The van der Waals surface area contributed by atoms with Crippen LogP contribution in [-0.2, 0) is 4.79 Å². The number of amides is 1. The van der Waals surface area contributed by atoms with Gasteiger partial charge in [0.15, 0.2) is 0 Å². The molecule has 0 bridgehead atoms. The highest BCUT2D eigenvalue weighted by Crippen LogP contribution is 2.30. The number of anilines is 2. The first-order chi connectivity index (χ1) is 12.4. The van der Waals surface area contributed by atoms with Crippen LogP contribution in [0.1, 0.15) is 12.5 Å². The average Bonchev–Trinajstić information content (AvgIpc) is 2.90. The van der Waals surface area contributed by atoms with Crippen LogP contribution in [0.5, 0.6) is 0 Å². The molecule has 3 rings (SSSR count). The Hall–Kier alpha value is -3.48. The number of nitro groups is 1. The predicted molar refractivity (Wildman–Crippen MR) is 102 cm³/mol. The number of para-hydroxylation sites is 1. The fraction of sp³-hybridized carbons (Fsp3) is 0.158. The molecule has 1 aliphatic rings. The Morgan fingerprint density at radius 1 is 1.15 bits per heavy atom. The Kier molecular flexibility index (Phi) is 4.53. The summed E-state index contributed by atoms with van der Waals surface area (Å²) in [5.74, 6) is -0.256. The number of carbonyl (C=O) groups excluding carboxylic acids is 1. The van der Waals surface area contributed by atoms with E-state index in [1.807, 2.05) is 18.2 Å². The van der Waals surface area contributed by atoms with Gasteiger partial charge in [-0.3, -0.25) is 14.9 Å². The molecule has 0 atom stereocenters. The lowest BCUT2D eigenvalue weighted by Gasteiger charge is -2.13. The van der Waals surface area contributed by atoms with E-state index >= 15 is 0 Å². The van der Waals surface area contributed by atoms with Gasteiger partial charge in [-0.2, -0.15) is 10.1 Å². The average molecular weight is 350 g/mol. The van der Waals surface area contributed by atoms with E-state index in [9.17, 15) is 14.9 Å².